The quantitative estimate of drug-likeness (QED) is 0.883. The summed E-state index contributed by atoms with van der Waals surface area (Å²) in [6, 6.07) is 4.96. The second-order valence-corrected chi connectivity index (χ2v) is 6.12. The zero-order valence-corrected chi connectivity index (χ0v) is 14.2. The molecule has 0 atom stereocenters. The summed E-state index contributed by atoms with van der Waals surface area (Å²) in [5.41, 5.74) is 1.81. The molecule has 114 valence electrons. The number of aryl methyl sites for hydroxylation is 2. The maximum Gasteiger partial charge on any atom is 0.222 e. The van der Waals surface area contributed by atoms with Crippen molar-refractivity contribution in [3.05, 3.63) is 39.7 Å². The van der Waals surface area contributed by atoms with Crippen LogP contribution >= 0.6 is 15.9 Å². The summed E-state index contributed by atoms with van der Waals surface area (Å²) >= 11 is 3.32. The van der Waals surface area contributed by atoms with Crippen LogP contribution in [-0.2, 0) is 13.6 Å². The van der Waals surface area contributed by atoms with Crippen LogP contribution in [0.3, 0.4) is 0 Å². The van der Waals surface area contributed by atoms with Crippen molar-refractivity contribution < 1.29 is 9.13 Å². The highest BCUT2D eigenvalue weighted by atomic mass is 79.9. The topological polar surface area (TPSA) is 39.1 Å². The first-order valence-electron chi connectivity index (χ1n) is 6.77. The number of hydrogen-bond donors (Lipinski definition) is 1. The van der Waals surface area contributed by atoms with Crippen LogP contribution < -0.4 is 10.1 Å². The molecule has 2 rings (SSSR count). The molecule has 0 aliphatic rings. The molecule has 21 heavy (non-hydrogen) atoms. The lowest BCUT2D eigenvalue weighted by atomic mass is 10.2. The number of halogens is 2. The molecule has 4 nitrogen and oxygen atoms in total. The van der Waals surface area contributed by atoms with Gasteiger partial charge in [0.05, 0.1) is 11.3 Å². The van der Waals surface area contributed by atoms with E-state index in [4.69, 9.17) is 4.74 Å². The van der Waals surface area contributed by atoms with Crippen molar-refractivity contribution in [3.8, 4) is 11.6 Å². The predicted octanol–water partition coefficient (Wildman–Crippen LogP) is 3.92. The normalized spacial score (nSPS) is 11.2. The lowest BCUT2D eigenvalue weighted by molar-refractivity contribution is 0.397. The second kappa shape index (κ2) is 6.58. The van der Waals surface area contributed by atoms with Crippen molar-refractivity contribution in [1.29, 1.82) is 0 Å². The molecule has 1 aromatic heterocycles. The summed E-state index contributed by atoms with van der Waals surface area (Å²) in [5.74, 6) is 0.329. The fraction of sp³-hybridized carbons (Fsp3) is 0.400. The minimum Gasteiger partial charge on any atom is -0.436 e. The Morgan fingerprint density at radius 2 is 2.14 bits per heavy atom. The van der Waals surface area contributed by atoms with Gasteiger partial charge < -0.3 is 10.1 Å². The van der Waals surface area contributed by atoms with Crippen LogP contribution in [0.2, 0.25) is 0 Å². The van der Waals surface area contributed by atoms with Crippen LogP contribution in [0.1, 0.15) is 25.1 Å². The van der Waals surface area contributed by atoms with Gasteiger partial charge in [0.25, 0.3) is 0 Å². The van der Waals surface area contributed by atoms with Gasteiger partial charge in [-0.15, -0.1) is 0 Å². The Morgan fingerprint density at radius 3 is 2.81 bits per heavy atom. The monoisotopic (exact) mass is 355 g/mol. The summed E-state index contributed by atoms with van der Waals surface area (Å²) in [5, 5.41) is 7.69. The van der Waals surface area contributed by atoms with E-state index < -0.39 is 5.82 Å². The number of hydrogen-bond acceptors (Lipinski definition) is 3. The number of benzene rings is 1. The Labute approximate surface area is 132 Å². The maximum absolute atomic E-state index is 13.8. The molecule has 2 aromatic rings. The van der Waals surface area contributed by atoms with Gasteiger partial charge >= 0.3 is 0 Å². The number of rotatable bonds is 5. The van der Waals surface area contributed by atoms with E-state index >= 15 is 0 Å². The van der Waals surface area contributed by atoms with Gasteiger partial charge in [-0.2, -0.15) is 5.10 Å². The summed E-state index contributed by atoms with van der Waals surface area (Å²) in [7, 11) is 1.79. The first-order chi connectivity index (χ1) is 9.88. The van der Waals surface area contributed by atoms with E-state index in [2.05, 4.69) is 40.2 Å². The van der Waals surface area contributed by atoms with Gasteiger partial charge in [-0.05, 0) is 25.1 Å². The van der Waals surface area contributed by atoms with Crippen LogP contribution in [-0.4, -0.2) is 15.8 Å². The van der Waals surface area contributed by atoms with Gasteiger partial charge in [-0.25, -0.2) is 9.07 Å². The predicted molar refractivity (Wildman–Crippen MR) is 84.1 cm³/mol. The third kappa shape index (κ3) is 3.83. The molecule has 0 saturated heterocycles. The zero-order chi connectivity index (χ0) is 15.6. The Balaban J connectivity index is 2.32. The van der Waals surface area contributed by atoms with Crippen molar-refractivity contribution in [3.63, 3.8) is 0 Å². The van der Waals surface area contributed by atoms with E-state index in [1.54, 1.807) is 23.9 Å². The molecular weight excluding hydrogens is 337 g/mol. The number of nitrogens with one attached hydrogen (secondary N) is 1. The van der Waals surface area contributed by atoms with Gasteiger partial charge in [-0.3, -0.25) is 0 Å². The van der Waals surface area contributed by atoms with Crippen molar-refractivity contribution in [2.24, 2.45) is 7.05 Å². The molecule has 0 unspecified atom stereocenters. The first-order valence-corrected chi connectivity index (χ1v) is 7.56. The fourth-order valence-corrected chi connectivity index (χ4v) is 2.32. The summed E-state index contributed by atoms with van der Waals surface area (Å²) in [4.78, 5) is 0. The van der Waals surface area contributed by atoms with E-state index in [1.165, 1.54) is 6.07 Å². The molecule has 0 amide bonds. The molecule has 6 heteroatoms. The third-order valence-corrected chi connectivity index (χ3v) is 3.57. The molecule has 0 saturated carbocycles. The third-order valence-electron chi connectivity index (χ3n) is 3.08. The minimum atomic E-state index is -0.403. The SMILES string of the molecule is Cc1nn(C)c(Oc2cc(Br)ccc2F)c1CNC(C)C. The van der Waals surface area contributed by atoms with E-state index in [-0.39, 0.29) is 5.75 Å². The van der Waals surface area contributed by atoms with Crippen molar-refractivity contribution in [2.45, 2.75) is 33.4 Å². The molecule has 0 radical (unpaired) electrons. The van der Waals surface area contributed by atoms with Crippen LogP contribution in [0.25, 0.3) is 0 Å². The highest BCUT2D eigenvalue weighted by Crippen LogP contribution is 2.30. The van der Waals surface area contributed by atoms with Crippen molar-refractivity contribution in [2.75, 3.05) is 0 Å². The summed E-state index contributed by atoms with van der Waals surface area (Å²) in [6.07, 6.45) is 0. The standard InChI is InChI=1S/C15H19BrFN3O/c1-9(2)18-8-12-10(3)19-20(4)15(12)21-14-7-11(16)5-6-13(14)17/h5-7,9,18H,8H2,1-4H3. The Hall–Kier alpha value is -1.40. The summed E-state index contributed by atoms with van der Waals surface area (Å²) in [6.45, 7) is 6.68. The molecular formula is C15H19BrFN3O. The smallest absolute Gasteiger partial charge is 0.222 e. The van der Waals surface area contributed by atoms with Crippen LogP contribution in [0.4, 0.5) is 4.39 Å². The second-order valence-electron chi connectivity index (χ2n) is 5.21. The highest BCUT2D eigenvalue weighted by molar-refractivity contribution is 9.10. The first kappa shape index (κ1) is 16.0. The lowest BCUT2D eigenvalue weighted by Crippen LogP contribution is -2.22. The fourth-order valence-electron chi connectivity index (χ4n) is 1.98. The van der Waals surface area contributed by atoms with Crippen LogP contribution in [0, 0.1) is 12.7 Å². The van der Waals surface area contributed by atoms with Gasteiger partial charge in [0.2, 0.25) is 5.88 Å². The molecule has 0 bridgehead atoms. The Morgan fingerprint density at radius 1 is 1.43 bits per heavy atom. The van der Waals surface area contributed by atoms with Crippen LogP contribution in [0.5, 0.6) is 11.6 Å². The van der Waals surface area contributed by atoms with Crippen molar-refractivity contribution in [1.82, 2.24) is 15.1 Å². The molecule has 1 N–H and O–H groups in total. The van der Waals surface area contributed by atoms with Gasteiger partial charge in [0.15, 0.2) is 11.6 Å². The molecule has 0 aliphatic heterocycles. The molecule has 0 spiro atoms. The number of ether oxygens (including phenoxy) is 1. The largest absolute Gasteiger partial charge is 0.436 e. The number of aromatic nitrogens is 2. The Kier molecular flexibility index (Phi) is 5.00. The van der Waals surface area contributed by atoms with Crippen molar-refractivity contribution >= 4 is 15.9 Å². The average Bonchev–Trinajstić information content (AvgIpc) is 2.66. The molecule has 0 aliphatic carbocycles. The van der Waals surface area contributed by atoms with E-state index in [0.717, 1.165) is 15.7 Å². The molecule has 0 fully saturated rings. The van der Waals surface area contributed by atoms with Gasteiger partial charge in [0, 0.05) is 24.1 Å². The van der Waals surface area contributed by atoms with Gasteiger partial charge in [0.1, 0.15) is 0 Å². The van der Waals surface area contributed by atoms with Gasteiger partial charge in [-0.1, -0.05) is 29.8 Å². The average molecular weight is 356 g/mol. The minimum absolute atomic E-state index is 0.179. The van der Waals surface area contributed by atoms with E-state index in [1.807, 2.05) is 6.92 Å². The Bertz CT molecular complexity index is 640. The number of nitrogens with zero attached hydrogens (tertiary/aromatic N) is 2. The van der Waals surface area contributed by atoms with Crippen LogP contribution in [0.15, 0.2) is 22.7 Å². The summed E-state index contributed by atoms with van der Waals surface area (Å²) < 4.78 is 22.0. The molecule has 1 aromatic carbocycles. The highest BCUT2D eigenvalue weighted by Gasteiger charge is 2.17. The van der Waals surface area contributed by atoms with E-state index in [9.17, 15) is 4.39 Å². The maximum atomic E-state index is 13.8. The van der Waals surface area contributed by atoms with E-state index in [0.29, 0.717) is 18.5 Å². The lowest BCUT2D eigenvalue weighted by Gasteiger charge is -2.12. The molecule has 1 heterocycles. The zero-order valence-electron chi connectivity index (χ0n) is 12.6.